The van der Waals surface area contributed by atoms with E-state index in [4.69, 9.17) is 0 Å². The number of guanidine groups is 1. The van der Waals surface area contributed by atoms with E-state index in [-0.39, 0.29) is 36.3 Å². The SMILES string of the molecule is CCNC(=NCc1ccccc1OC(F)F)NCC(CC)N1CCCC1.I. The van der Waals surface area contributed by atoms with Gasteiger partial charge >= 0.3 is 6.61 Å². The summed E-state index contributed by atoms with van der Waals surface area (Å²) < 4.78 is 29.6. The first-order valence-electron chi connectivity index (χ1n) is 9.43. The molecule has 0 bridgehead atoms. The highest BCUT2D eigenvalue weighted by Crippen LogP contribution is 2.21. The summed E-state index contributed by atoms with van der Waals surface area (Å²) in [5, 5.41) is 6.60. The maximum atomic E-state index is 12.5. The molecule has 0 amide bonds. The maximum Gasteiger partial charge on any atom is 0.387 e. The zero-order valence-electron chi connectivity index (χ0n) is 16.1. The molecule has 1 saturated heterocycles. The van der Waals surface area contributed by atoms with Crippen molar-refractivity contribution in [3.63, 3.8) is 0 Å². The highest BCUT2D eigenvalue weighted by atomic mass is 127. The molecule has 0 aromatic heterocycles. The number of hydrogen-bond donors (Lipinski definition) is 2. The van der Waals surface area contributed by atoms with Gasteiger partial charge < -0.3 is 15.4 Å². The van der Waals surface area contributed by atoms with Gasteiger partial charge in [-0.15, -0.1) is 24.0 Å². The molecule has 0 aliphatic carbocycles. The lowest BCUT2D eigenvalue weighted by molar-refractivity contribution is -0.0504. The number of likely N-dealkylation sites (tertiary alicyclic amines) is 1. The third kappa shape index (κ3) is 8.16. The van der Waals surface area contributed by atoms with Crippen LogP contribution in [0.5, 0.6) is 5.75 Å². The summed E-state index contributed by atoms with van der Waals surface area (Å²) in [4.78, 5) is 7.05. The van der Waals surface area contributed by atoms with Gasteiger partial charge in [0.15, 0.2) is 5.96 Å². The summed E-state index contributed by atoms with van der Waals surface area (Å²) in [5.41, 5.74) is 0.636. The highest BCUT2D eigenvalue weighted by molar-refractivity contribution is 14.0. The summed E-state index contributed by atoms with van der Waals surface area (Å²) in [6.07, 6.45) is 3.62. The summed E-state index contributed by atoms with van der Waals surface area (Å²) in [6, 6.07) is 7.25. The average Bonchev–Trinajstić information content (AvgIpc) is 3.15. The second-order valence-corrected chi connectivity index (χ2v) is 6.37. The van der Waals surface area contributed by atoms with Crippen LogP contribution >= 0.6 is 24.0 Å². The molecule has 8 heteroatoms. The van der Waals surface area contributed by atoms with Gasteiger partial charge in [-0.25, -0.2) is 4.99 Å². The lowest BCUT2D eigenvalue weighted by Gasteiger charge is -2.27. The van der Waals surface area contributed by atoms with Crippen LogP contribution in [-0.4, -0.2) is 49.7 Å². The molecule has 1 aliphatic heterocycles. The Balaban J connectivity index is 0.00000364. The highest BCUT2D eigenvalue weighted by Gasteiger charge is 2.20. The predicted molar refractivity (Wildman–Crippen MR) is 116 cm³/mol. The van der Waals surface area contributed by atoms with Crippen molar-refractivity contribution in [3.05, 3.63) is 29.8 Å². The van der Waals surface area contributed by atoms with Crippen LogP contribution in [0.15, 0.2) is 29.3 Å². The third-order valence-corrected chi connectivity index (χ3v) is 4.57. The molecule has 0 spiro atoms. The van der Waals surface area contributed by atoms with Gasteiger partial charge in [0.1, 0.15) is 5.75 Å². The van der Waals surface area contributed by atoms with Gasteiger partial charge in [-0.3, -0.25) is 4.90 Å². The quantitative estimate of drug-likeness (QED) is 0.310. The number of aliphatic imine (C=N–C) groups is 1. The van der Waals surface area contributed by atoms with E-state index in [1.165, 1.54) is 18.9 Å². The van der Waals surface area contributed by atoms with Crippen molar-refractivity contribution < 1.29 is 13.5 Å². The second kappa shape index (κ2) is 13.1. The number of para-hydroxylation sites is 1. The molecular weight excluding hydrogens is 465 g/mol. The third-order valence-electron chi connectivity index (χ3n) is 4.57. The monoisotopic (exact) mass is 496 g/mol. The van der Waals surface area contributed by atoms with Crippen molar-refractivity contribution in [2.45, 2.75) is 52.3 Å². The van der Waals surface area contributed by atoms with Gasteiger partial charge in [0.2, 0.25) is 0 Å². The fraction of sp³-hybridized carbons (Fsp3) is 0.632. The van der Waals surface area contributed by atoms with Gasteiger partial charge in [0, 0.05) is 24.7 Å². The Morgan fingerprint density at radius 2 is 1.89 bits per heavy atom. The first-order valence-corrected chi connectivity index (χ1v) is 9.43. The summed E-state index contributed by atoms with van der Waals surface area (Å²) in [7, 11) is 0. The largest absolute Gasteiger partial charge is 0.434 e. The number of nitrogens with zero attached hydrogens (tertiary/aromatic N) is 2. The van der Waals surface area contributed by atoms with Crippen LogP contribution in [0.3, 0.4) is 0 Å². The lowest BCUT2D eigenvalue weighted by Crippen LogP contribution is -2.46. The molecule has 1 aliphatic rings. The van der Waals surface area contributed by atoms with Crippen molar-refractivity contribution >= 4 is 29.9 Å². The Bertz CT molecular complexity index is 568. The van der Waals surface area contributed by atoms with Crippen molar-refractivity contribution in [1.29, 1.82) is 0 Å². The first-order chi connectivity index (χ1) is 12.6. The number of halogens is 3. The Morgan fingerprint density at radius 1 is 1.19 bits per heavy atom. The molecular formula is C19H31F2IN4O. The number of rotatable bonds is 9. The second-order valence-electron chi connectivity index (χ2n) is 6.37. The molecule has 1 unspecified atom stereocenters. The van der Waals surface area contributed by atoms with Crippen molar-refractivity contribution in [1.82, 2.24) is 15.5 Å². The molecule has 2 N–H and O–H groups in total. The topological polar surface area (TPSA) is 48.9 Å². The number of nitrogens with one attached hydrogen (secondary N) is 2. The average molecular weight is 496 g/mol. The molecule has 2 rings (SSSR count). The normalized spacial score (nSPS) is 16.1. The molecule has 1 fully saturated rings. The van der Waals surface area contributed by atoms with E-state index in [0.717, 1.165) is 32.6 Å². The molecule has 27 heavy (non-hydrogen) atoms. The standard InChI is InChI=1S/C19H30F2N4O.HI/c1-3-16(25-11-7-8-12-25)14-24-19(22-4-2)23-13-15-9-5-6-10-17(15)26-18(20)21;/h5-6,9-10,16,18H,3-4,7-8,11-14H2,1-2H3,(H2,22,23,24);1H. The summed E-state index contributed by atoms with van der Waals surface area (Å²) >= 11 is 0. The van der Waals surface area contributed by atoms with E-state index < -0.39 is 6.61 Å². The molecule has 5 nitrogen and oxygen atoms in total. The van der Waals surface area contributed by atoms with E-state index in [9.17, 15) is 8.78 Å². The van der Waals surface area contributed by atoms with Crippen LogP contribution in [0.4, 0.5) is 8.78 Å². The fourth-order valence-corrected chi connectivity index (χ4v) is 3.20. The molecule has 1 aromatic carbocycles. The Morgan fingerprint density at radius 3 is 2.52 bits per heavy atom. The molecule has 154 valence electrons. The Hall–Kier alpha value is -1.16. The maximum absolute atomic E-state index is 12.5. The van der Waals surface area contributed by atoms with Gasteiger partial charge in [-0.05, 0) is 45.3 Å². The van der Waals surface area contributed by atoms with Crippen LogP contribution in [0, 0.1) is 0 Å². The van der Waals surface area contributed by atoms with Gasteiger partial charge in [-0.1, -0.05) is 25.1 Å². The minimum atomic E-state index is -2.84. The molecule has 0 saturated carbocycles. The van der Waals surface area contributed by atoms with E-state index in [1.807, 2.05) is 6.92 Å². The summed E-state index contributed by atoms with van der Waals surface area (Å²) in [6.45, 7) is 5.52. The van der Waals surface area contributed by atoms with Crippen LogP contribution < -0.4 is 15.4 Å². The number of hydrogen-bond acceptors (Lipinski definition) is 3. The molecule has 1 heterocycles. The van der Waals surface area contributed by atoms with Gasteiger partial charge in [0.05, 0.1) is 6.54 Å². The van der Waals surface area contributed by atoms with E-state index in [2.05, 4.69) is 32.2 Å². The number of ether oxygens (including phenoxy) is 1. The van der Waals surface area contributed by atoms with E-state index in [1.54, 1.807) is 18.2 Å². The molecule has 1 aromatic rings. The van der Waals surface area contributed by atoms with E-state index in [0.29, 0.717) is 17.6 Å². The number of alkyl halides is 2. The predicted octanol–water partition coefficient (Wildman–Crippen LogP) is 3.84. The minimum Gasteiger partial charge on any atom is -0.434 e. The van der Waals surface area contributed by atoms with Crippen LogP contribution in [-0.2, 0) is 6.54 Å². The van der Waals surface area contributed by atoms with Crippen molar-refractivity contribution in [2.75, 3.05) is 26.2 Å². The smallest absolute Gasteiger partial charge is 0.387 e. The van der Waals surface area contributed by atoms with Crippen molar-refractivity contribution in [3.8, 4) is 5.75 Å². The Kier molecular flexibility index (Phi) is 11.6. The summed E-state index contributed by atoms with van der Waals surface area (Å²) in [5.74, 6) is 0.864. The van der Waals surface area contributed by atoms with Crippen LogP contribution in [0.25, 0.3) is 0 Å². The van der Waals surface area contributed by atoms with Crippen LogP contribution in [0.1, 0.15) is 38.7 Å². The van der Waals surface area contributed by atoms with Gasteiger partial charge in [-0.2, -0.15) is 8.78 Å². The fourth-order valence-electron chi connectivity index (χ4n) is 3.20. The lowest BCUT2D eigenvalue weighted by atomic mass is 10.2. The van der Waals surface area contributed by atoms with Gasteiger partial charge in [0.25, 0.3) is 0 Å². The zero-order valence-corrected chi connectivity index (χ0v) is 18.4. The van der Waals surface area contributed by atoms with Crippen molar-refractivity contribution in [2.24, 2.45) is 4.99 Å². The zero-order chi connectivity index (χ0) is 18.8. The first kappa shape index (κ1) is 23.9. The Labute approximate surface area is 178 Å². The minimum absolute atomic E-state index is 0. The van der Waals surface area contributed by atoms with Crippen LogP contribution in [0.2, 0.25) is 0 Å². The van der Waals surface area contributed by atoms with E-state index >= 15 is 0 Å². The molecule has 0 radical (unpaired) electrons. The molecule has 1 atom stereocenters. The number of benzene rings is 1.